The molecule has 1 aliphatic heterocycles. The number of benzene rings is 3. The minimum Gasteiger partial charge on any atom is -0.430 e. The van der Waals surface area contributed by atoms with Gasteiger partial charge in [-0.1, -0.05) is 85.8 Å². The minimum absolute atomic E-state index is 0.0762. The number of aromatic nitrogens is 2. The summed E-state index contributed by atoms with van der Waals surface area (Å²) < 4.78 is 22.5. The molecule has 1 aromatic heterocycles. The molecular weight excluding hydrogens is 688 g/mol. The van der Waals surface area contributed by atoms with Gasteiger partial charge in [0.25, 0.3) is 0 Å². The maximum atomic E-state index is 6.28. The van der Waals surface area contributed by atoms with Crippen molar-refractivity contribution in [2.75, 3.05) is 0 Å². The Kier molecular flexibility index (Phi) is 7.04. The highest BCUT2D eigenvalue weighted by Gasteiger charge is 2.21. The van der Waals surface area contributed by atoms with Crippen LogP contribution in [0.5, 0.6) is 0 Å². The predicted octanol–water partition coefficient (Wildman–Crippen LogP) is 8.18. The summed E-state index contributed by atoms with van der Waals surface area (Å²) in [6.07, 6.45) is 0. The van der Waals surface area contributed by atoms with Gasteiger partial charge in [0.1, 0.15) is 0 Å². The molecule has 4 aromatic rings. The molecule has 5 nitrogen and oxygen atoms in total. The molecule has 0 saturated heterocycles. The van der Waals surface area contributed by atoms with E-state index in [1.54, 1.807) is 0 Å². The van der Waals surface area contributed by atoms with Crippen molar-refractivity contribution >= 4 is 55.8 Å². The summed E-state index contributed by atoms with van der Waals surface area (Å²) in [4.78, 5) is 0. The second-order valence-corrected chi connectivity index (χ2v) is 16.6. The molecule has 0 spiro atoms. The topological polar surface area (TPSA) is 60.5 Å². The molecule has 5 rings (SSSR count). The molecule has 3 aromatic carbocycles. The van der Waals surface area contributed by atoms with E-state index in [1.165, 1.54) is 11.1 Å². The number of rotatable bonds is 5. The van der Waals surface area contributed by atoms with Crippen molar-refractivity contribution in [1.29, 1.82) is 0 Å². The SMILES string of the molecule is C=I1=C(c2ccc(C(C)(C)I)cc2)OC(c2cccc(-c3nnc(-c4ccc(C(C)(C)C)cc4)o3)c2)=N1. The van der Waals surface area contributed by atoms with Gasteiger partial charge in [-0.05, 0) is 65.2 Å². The molecule has 0 bridgehead atoms. The number of alkyl halides is 1. The van der Waals surface area contributed by atoms with Crippen molar-refractivity contribution in [3.8, 4) is 22.9 Å². The van der Waals surface area contributed by atoms with Gasteiger partial charge >= 0.3 is 0 Å². The third kappa shape index (κ3) is 5.67. The fourth-order valence-electron chi connectivity index (χ4n) is 3.92. The molecule has 7 heteroatoms. The van der Waals surface area contributed by atoms with E-state index in [9.17, 15) is 0 Å². The van der Waals surface area contributed by atoms with Crippen LogP contribution in [0.25, 0.3) is 22.9 Å². The van der Waals surface area contributed by atoms with Crippen LogP contribution in [0.3, 0.4) is 0 Å². The predicted molar refractivity (Wildman–Crippen MR) is 170 cm³/mol. The number of hydrogen-bond donors (Lipinski definition) is 0. The standard InChI is InChI=1S/C30H29I2N3O2/c1-29(2,3)23-14-12-20(13-15-23)27-34-35-28(37-27)22-9-7-8-21(18-22)26-33-32(6)25(36-26)19-10-16-24(17-11-19)30(4,5)31/h7-18H,6H2,1-5H3. The van der Waals surface area contributed by atoms with Crippen LogP contribution in [-0.2, 0) is 13.6 Å². The van der Waals surface area contributed by atoms with Crippen molar-refractivity contribution < 1.29 is 9.15 Å². The van der Waals surface area contributed by atoms with Crippen LogP contribution in [0.4, 0.5) is 0 Å². The Morgan fingerprint density at radius 2 is 1.30 bits per heavy atom. The monoisotopic (exact) mass is 717 g/mol. The Hall–Kier alpha value is -2.53. The van der Waals surface area contributed by atoms with E-state index in [0.717, 1.165) is 25.9 Å². The molecule has 1 aliphatic rings. The summed E-state index contributed by atoms with van der Waals surface area (Å²) in [6.45, 7) is 11.0. The molecule has 0 saturated carbocycles. The van der Waals surface area contributed by atoms with Gasteiger partial charge in [-0.2, -0.15) is 3.21 Å². The molecule has 0 radical (unpaired) electrons. The lowest BCUT2D eigenvalue weighted by molar-refractivity contribution is 0.569. The summed E-state index contributed by atoms with van der Waals surface area (Å²) in [7, 11) is 0. The molecule has 0 unspecified atom stereocenters. The molecule has 2 heterocycles. The third-order valence-corrected chi connectivity index (χ3v) is 9.76. The van der Waals surface area contributed by atoms with E-state index in [2.05, 4.69) is 108 Å². The summed E-state index contributed by atoms with van der Waals surface area (Å²) in [6, 6.07) is 24.7. The van der Waals surface area contributed by atoms with Crippen molar-refractivity contribution in [1.82, 2.24) is 10.2 Å². The number of hydrogen-bond acceptors (Lipinski definition) is 5. The number of ether oxygens (including phenoxy) is 1. The average Bonchev–Trinajstić information content (AvgIpc) is 3.51. The highest BCUT2D eigenvalue weighted by Crippen LogP contribution is 2.33. The van der Waals surface area contributed by atoms with Gasteiger partial charge < -0.3 is 9.15 Å². The van der Waals surface area contributed by atoms with Gasteiger partial charge in [-0.3, -0.25) is 0 Å². The zero-order valence-electron chi connectivity index (χ0n) is 21.5. The molecule has 190 valence electrons. The lowest BCUT2D eigenvalue weighted by atomic mass is 9.87. The van der Waals surface area contributed by atoms with E-state index in [1.807, 2.05) is 36.4 Å². The summed E-state index contributed by atoms with van der Waals surface area (Å²) in [5.41, 5.74) is 6.27. The highest BCUT2D eigenvalue weighted by atomic mass is 127. The maximum Gasteiger partial charge on any atom is 0.248 e. The largest absolute Gasteiger partial charge is 0.430 e. The first-order valence-corrected chi connectivity index (χ1v) is 16.6. The lowest BCUT2D eigenvalue weighted by Gasteiger charge is -2.18. The van der Waals surface area contributed by atoms with Crippen molar-refractivity contribution in [3.05, 3.63) is 95.1 Å². The van der Waals surface area contributed by atoms with Gasteiger partial charge in [0.05, 0.1) is 0 Å². The molecular formula is C30H29I2N3O2. The minimum atomic E-state index is -2.04. The van der Waals surface area contributed by atoms with Gasteiger partial charge in [0.2, 0.25) is 17.7 Å². The van der Waals surface area contributed by atoms with Crippen LogP contribution < -0.4 is 0 Å². The molecule has 37 heavy (non-hydrogen) atoms. The Morgan fingerprint density at radius 3 is 1.92 bits per heavy atom. The van der Waals surface area contributed by atoms with E-state index in [4.69, 9.17) is 12.4 Å². The van der Waals surface area contributed by atoms with E-state index in [-0.39, 0.29) is 8.84 Å². The van der Waals surface area contributed by atoms with Crippen LogP contribution in [0.15, 0.2) is 80.4 Å². The Balaban J connectivity index is 1.35. The summed E-state index contributed by atoms with van der Waals surface area (Å²) >= 11 is 0.418. The van der Waals surface area contributed by atoms with Crippen molar-refractivity contribution in [2.45, 2.75) is 43.5 Å². The zero-order chi connectivity index (χ0) is 26.4. The Morgan fingerprint density at radius 1 is 0.730 bits per heavy atom. The average molecular weight is 717 g/mol. The Bertz CT molecular complexity index is 1560. The second kappa shape index (κ2) is 9.98. The summed E-state index contributed by atoms with van der Waals surface area (Å²) in [5, 5.41) is 8.59. The summed E-state index contributed by atoms with van der Waals surface area (Å²) in [5.74, 6) is 1.56. The number of nitrogens with zero attached hydrogens (tertiary/aromatic N) is 3. The third-order valence-electron chi connectivity index (χ3n) is 6.14. The molecule has 0 amide bonds. The first-order valence-electron chi connectivity index (χ1n) is 12.0. The van der Waals surface area contributed by atoms with Gasteiger partial charge in [0, 0.05) is 44.8 Å². The maximum absolute atomic E-state index is 6.28. The molecule has 0 fully saturated rings. The van der Waals surface area contributed by atoms with Crippen molar-refractivity contribution in [2.24, 2.45) is 3.21 Å². The Labute approximate surface area is 238 Å². The first-order chi connectivity index (χ1) is 17.5. The van der Waals surface area contributed by atoms with Gasteiger partial charge in [0.15, 0.2) is 3.69 Å². The fraction of sp³-hybridized carbons (Fsp3) is 0.233. The normalized spacial score (nSPS) is 14.5. The molecule has 0 atom stereocenters. The fourth-order valence-corrected chi connectivity index (χ4v) is 6.95. The van der Waals surface area contributed by atoms with Crippen LogP contribution in [0.2, 0.25) is 0 Å². The van der Waals surface area contributed by atoms with Crippen LogP contribution >= 0.6 is 41.7 Å². The quantitative estimate of drug-likeness (QED) is 0.155. The molecule has 0 N–H and O–H groups in total. The van der Waals surface area contributed by atoms with Crippen LogP contribution in [-0.4, -0.2) is 24.3 Å². The second-order valence-electron chi connectivity index (χ2n) is 10.5. The molecule has 0 aliphatic carbocycles. The van der Waals surface area contributed by atoms with E-state index < -0.39 is 19.1 Å². The smallest absolute Gasteiger partial charge is 0.248 e. The van der Waals surface area contributed by atoms with Crippen molar-refractivity contribution in [3.63, 3.8) is 0 Å². The highest BCUT2D eigenvalue weighted by molar-refractivity contribution is 14.2. The first kappa shape index (κ1) is 26.1. The lowest BCUT2D eigenvalue weighted by Crippen LogP contribution is -2.10. The zero-order valence-corrected chi connectivity index (χ0v) is 25.9. The van der Waals surface area contributed by atoms with E-state index in [0.29, 0.717) is 17.7 Å². The van der Waals surface area contributed by atoms with Crippen LogP contribution in [0, 0.1) is 0 Å². The van der Waals surface area contributed by atoms with E-state index >= 15 is 0 Å². The number of halogens is 2. The van der Waals surface area contributed by atoms with Gasteiger partial charge in [-0.15, -0.1) is 10.2 Å². The van der Waals surface area contributed by atoms with Crippen LogP contribution in [0.1, 0.15) is 56.9 Å². The van der Waals surface area contributed by atoms with Gasteiger partial charge in [-0.25, -0.2) is 0 Å².